The van der Waals surface area contributed by atoms with Crippen LogP contribution in [0.25, 0.3) is 0 Å². The van der Waals surface area contributed by atoms with Gasteiger partial charge in [-0.05, 0) is 6.07 Å². The maximum atomic E-state index is 12.7. The Kier molecular flexibility index (Phi) is 2.54. The summed E-state index contributed by atoms with van der Waals surface area (Å²) in [5.74, 6) is -1.21. The molecule has 3 heteroatoms. The Hall–Kier alpha value is -0.960. The lowest BCUT2D eigenvalue weighted by molar-refractivity contribution is 0.289. The second kappa shape index (κ2) is 3.44. The molecule has 0 amide bonds. The quantitative estimate of drug-likeness (QED) is 0.638. The lowest BCUT2D eigenvalue weighted by atomic mass is 10.2. The summed E-state index contributed by atoms with van der Waals surface area (Å²) in [4.78, 5) is 0. The van der Waals surface area contributed by atoms with Crippen molar-refractivity contribution in [3.05, 3.63) is 42.0 Å². The van der Waals surface area contributed by atoms with Crippen molar-refractivity contribution in [1.82, 2.24) is 0 Å². The molecule has 0 saturated carbocycles. The van der Waals surface area contributed by atoms with Crippen molar-refractivity contribution < 1.29 is 13.5 Å². The lowest BCUT2D eigenvalue weighted by Gasteiger charge is -1.99. The molecule has 0 unspecified atom stereocenters. The van der Waals surface area contributed by atoms with Gasteiger partial charge in [0.15, 0.2) is 0 Å². The summed E-state index contributed by atoms with van der Waals surface area (Å²) < 4.78 is 29.5. The molecule has 0 aromatic heterocycles. The highest BCUT2D eigenvalue weighted by molar-refractivity contribution is 5.23. The second-order valence-electron chi connectivity index (χ2n) is 2.02. The van der Waals surface area contributed by atoms with E-state index < -0.39 is 11.6 Å². The predicted molar refractivity (Wildman–Crippen MR) is 36.8 cm³/mol. The van der Waals surface area contributed by atoms with Gasteiger partial charge in [-0.2, -0.15) is 0 Å². The van der Waals surface area contributed by atoms with Crippen LogP contribution in [0.3, 0.4) is 0 Å². The molecule has 11 heavy (non-hydrogen) atoms. The van der Waals surface area contributed by atoms with Crippen molar-refractivity contribution in [2.75, 3.05) is 7.11 Å². The summed E-state index contributed by atoms with van der Waals surface area (Å²) in [5, 5.41) is 0. The molecule has 0 aliphatic carbocycles. The zero-order valence-electron chi connectivity index (χ0n) is 5.97. The summed E-state index contributed by atoms with van der Waals surface area (Å²) in [6.07, 6.45) is 0. The number of methoxy groups -OCH3 is 1. The minimum Gasteiger partial charge on any atom is -0.374 e. The predicted octanol–water partition coefficient (Wildman–Crippen LogP) is 2.12. The maximum Gasteiger partial charge on any atom is 0.132 e. The average Bonchev–Trinajstić information content (AvgIpc) is 1.95. The van der Waals surface area contributed by atoms with E-state index in [0.29, 0.717) is 0 Å². The number of benzene rings is 1. The number of rotatable bonds is 2. The van der Waals surface area contributed by atoms with Crippen LogP contribution in [-0.4, -0.2) is 7.11 Å². The summed E-state index contributed by atoms with van der Waals surface area (Å²) in [6.45, 7) is 1.22. The van der Waals surface area contributed by atoms with Crippen LogP contribution in [0.15, 0.2) is 18.2 Å². The van der Waals surface area contributed by atoms with E-state index in [1.54, 1.807) is 0 Å². The van der Waals surface area contributed by atoms with Crippen LogP contribution in [0.2, 0.25) is 0 Å². The Balaban J connectivity index is 2.90. The molecule has 0 spiro atoms. The first kappa shape index (κ1) is 8.14. The molecule has 1 nitrogen and oxygen atoms in total. The molecule has 1 rings (SSSR count). The first-order valence-electron chi connectivity index (χ1n) is 3.05. The van der Waals surface area contributed by atoms with Gasteiger partial charge in [-0.15, -0.1) is 0 Å². The highest BCUT2D eigenvalue weighted by atomic mass is 19.1. The molecular weight excluding hydrogens is 150 g/mol. The van der Waals surface area contributed by atoms with E-state index in [1.165, 1.54) is 25.8 Å². The highest BCUT2D eigenvalue weighted by Gasteiger charge is 2.02. The van der Waals surface area contributed by atoms with Crippen molar-refractivity contribution >= 4 is 0 Å². The molecule has 1 aromatic rings. The third-order valence-corrected chi connectivity index (χ3v) is 1.21. The van der Waals surface area contributed by atoms with Gasteiger partial charge < -0.3 is 4.74 Å². The first-order chi connectivity index (χ1) is 5.24. The Bertz CT molecular complexity index is 248. The van der Waals surface area contributed by atoms with Crippen LogP contribution in [-0.2, 0) is 4.74 Å². The monoisotopic (exact) mass is 157 g/mol. The van der Waals surface area contributed by atoms with E-state index in [1.807, 2.05) is 0 Å². The minimum absolute atomic E-state index is 0.244. The van der Waals surface area contributed by atoms with Crippen molar-refractivity contribution in [1.29, 1.82) is 0 Å². The number of halogens is 2. The van der Waals surface area contributed by atoms with Crippen LogP contribution in [0.5, 0.6) is 0 Å². The average molecular weight is 157 g/mol. The van der Waals surface area contributed by atoms with Gasteiger partial charge in [-0.25, -0.2) is 8.78 Å². The van der Waals surface area contributed by atoms with E-state index in [2.05, 4.69) is 4.74 Å². The van der Waals surface area contributed by atoms with Crippen molar-refractivity contribution in [2.45, 2.75) is 0 Å². The number of hydrogen-bond donors (Lipinski definition) is 0. The van der Waals surface area contributed by atoms with Gasteiger partial charge in [0.2, 0.25) is 0 Å². The van der Waals surface area contributed by atoms with Gasteiger partial charge in [0, 0.05) is 18.7 Å². The fourth-order valence-corrected chi connectivity index (χ4v) is 0.724. The topological polar surface area (TPSA) is 9.23 Å². The SMILES string of the molecule is CO[CH]c1ccc(F)cc1F. The molecule has 0 heterocycles. The molecule has 1 aromatic carbocycles. The summed E-state index contributed by atoms with van der Waals surface area (Å²) in [6, 6.07) is 3.30. The van der Waals surface area contributed by atoms with E-state index in [-0.39, 0.29) is 5.56 Å². The molecule has 1 radical (unpaired) electrons. The summed E-state index contributed by atoms with van der Waals surface area (Å²) in [5.41, 5.74) is 0.244. The fourth-order valence-electron chi connectivity index (χ4n) is 0.724. The number of ether oxygens (including phenoxy) is 1. The summed E-state index contributed by atoms with van der Waals surface area (Å²) in [7, 11) is 1.41. The molecule has 0 aliphatic rings. The largest absolute Gasteiger partial charge is 0.374 e. The Morgan fingerprint density at radius 2 is 2.09 bits per heavy atom. The van der Waals surface area contributed by atoms with E-state index in [9.17, 15) is 8.78 Å². The minimum atomic E-state index is -0.619. The smallest absolute Gasteiger partial charge is 0.132 e. The van der Waals surface area contributed by atoms with Crippen LogP contribution >= 0.6 is 0 Å². The second-order valence-corrected chi connectivity index (χ2v) is 2.02. The van der Waals surface area contributed by atoms with E-state index in [0.717, 1.165) is 6.07 Å². The van der Waals surface area contributed by atoms with Crippen LogP contribution in [0.1, 0.15) is 5.56 Å². The maximum absolute atomic E-state index is 12.7. The molecule has 0 N–H and O–H groups in total. The molecule has 0 atom stereocenters. The third kappa shape index (κ3) is 1.98. The van der Waals surface area contributed by atoms with Gasteiger partial charge in [-0.3, -0.25) is 0 Å². The molecule has 0 aliphatic heterocycles. The van der Waals surface area contributed by atoms with Gasteiger partial charge in [-0.1, -0.05) is 6.07 Å². The third-order valence-electron chi connectivity index (χ3n) is 1.21. The number of hydrogen-bond acceptors (Lipinski definition) is 1. The molecule has 59 valence electrons. The highest BCUT2D eigenvalue weighted by Crippen LogP contribution is 2.10. The Labute approximate surface area is 63.6 Å². The van der Waals surface area contributed by atoms with E-state index in [4.69, 9.17) is 0 Å². The van der Waals surface area contributed by atoms with Gasteiger partial charge in [0.25, 0.3) is 0 Å². The molecule has 0 bridgehead atoms. The Morgan fingerprint density at radius 3 is 2.64 bits per heavy atom. The van der Waals surface area contributed by atoms with E-state index >= 15 is 0 Å². The zero-order chi connectivity index (χ0) is 8.27. The molecule has 0 fully saturated rings. The normalized spacial score (nSPS) is 10.1. The van der Waals surface area contributed by atoms with Crippen LogP contribution in [0, 0.1) is 18.2 Å². The standard InChI is InChI=1S/C8H7F2O/c1-11-5-6-2-3-7(9)4-8(6)10/h2-5H,1H3. The lowest BCUT2D eigenvalue weighted by Crippen LogP contribution is -1.90. The van der Waals surface area contributed by atoms with Gasteiger partial charge in [0.1, 0.15) is 18.2 Å². The van der Waals surface area contributed by atoms with Crippen LogP contribution in [0.4, 0.5) is 8.78 Å². The Morgan fingerprint density at radius 1 is 1.36 bits per heavy atom. The van der Waals surface area contributed by atoms with Crippen molar-refractivity contribution in [3.63, 3.8) is 0 Å². The van der Waals surface area contributed by atoms with Crippen LogP contribution < -0.4 is 0 Å². The van der Waals surface area contributed by atoms with Gasteiger partial charge in [0.05, 0.1) is 0 Å². The molecular formula is C8H7F2O. The van der Waals surface area contributed by atoms with Gasteiger partial charge >= 0.3 is 0 Å². The fraction of sp³-hybridized carbons (Fsp3) is 0.125. The first-order valence-corrected chi connectivity index (χ1v) is 3.05. The zero-order valence-corrected chi connectivity index (χ0v) is 5.97. The van der Waals surface area contributed by atoms with Crippen molar-refractivity contribution in [3.8, 4) is 0 Å². The molecule has 0 saturated heterocycles. The summed E-state index contributed by atoms with van der Waals surface area (Å²) >= 11 is 0. The van der Waals surface area contributed by atoms with Crippen molar-refractivity contribution in [2.24, 2.45) is 0 Å².